The van der Waals surface area contributed by atoms with Crippen LogP contribution < -0.4 is 15.4 Å². The van der Waals surface area contributed by atoms with Crippen LogP contribution in [0, 0.1) is 0 Å². The summed E-state index contributed by atoms with van der Waals surface area (Å²) in [5.74, 6) is 1.65. The van der Waals surface area contributed by atoms with Gasteiger partial charge < -0.3 is 25.2 Å². The maximum absolute atomic E-state index is 9.96. The van der Waals surface area contributed by atoms with E-state index in [4.69, 9.17) is 9.47 Å². The zero-order valence-electron chi connectivity index (χ0n) is 14.2. The number of hydrogen-bond acceptors (Lipinski definition) is 4. The van der Waals surface area contributed by atoms with Crippen molar-refractivity contribution in [3.63, 3.8) is 0 Å². The van der Waals surface area contributed by atoms with Crippen molar-refractivity contribution in [2.45, 2.75) is 31.8 Å². The van der Waals surface area contributed by atoms with Crippen LogP contribution in [0.15, 0.2) is 23.2 Å². The molecule has 1 atom stereocenters. The Morgan fingerprint density at radius 2 is 2.26 bits per heavy atom. The summed E-state index contributed by atoms with van der Waals surface area (Å²) in [6.07, 6.45) is 2.88. The number of guanidine groups is 1. The van der Waals surface area contributed by atoms with Crippen molar-refractivity contribution in [2.75, 3.05) is 33.9 Å². The number of rotatable bonds is 6. The van der Waals surface area contributed by atoms with Gasteiger partial charge in [-0.05, 0) is 37.8 Å². The Morgan fingerprint density at radius 3 is 2.87 bits per heavy atom. The third-order valence-corrected chi connectivity index (χ3v) is 4.13. The molecule has 6 heteroatoms. The largest absolute Gasteiger partial charge is 0.508 e. The maximum Gasteiger partial charge on any atom is 0.191 e. The highest BCUT2D eigenvalue weighted by Gasteiger charge is 2.29. The molecule has 0 amide bonds. The highest BCUT2D eigenvalue weighted by Crippen LogP contribution is 2.24. The second kappa shape index (κ2) is 8.06. The number of benzene rings is 1. The highest BCUT2D eigenvalue weighted by atomic mass is 16.5. The van der Waals surface area contributed by atoms with Crippen molar-refractivity contribution in [3.8, 4) is 11.5 Å². The van der Waals surface area contributed by atoms with Gasteiger partial charge in [-0.1, -0.05) is 6.07 Å². The third-order valence-electron chi connectivity index (χ3n) is 4.13. The van der Waals surface area contributed by atoms with E-state index >= 15 is 0 Å². The first-order valence-corrected chi connectivity index (χ1v) is 8.01. The number of phenolic OH excluding ortho intramolecular Hbond substituents is 1. The number of hydrogen-bond donors (Lipinski definition) is 3. The van der Waals surface area contributed by atoms with E-state index < -0.39 is 0 Å². The Kier molecular flexibility index (Phi) is 6.10. The number of aliphatic imine (C=N–C) groups is 1. The van der Waals surface area contributed by atoms with Gasteiger partial charge in [0, 0.05) is 32.8 Å². The zero-order valence-corrected chi connectivity index (χ0v) is 14.2. The highest BCUT2D eigenvalue weighted by molar-refractivity contribution is 5.79. The molecule has 6 nitrogen and oxygen atoms in total. The van der Waals surface area contributed by atoms with Crippen molar-refractivity contribution < 1.29 is 14.6 Å². The fraction of sp³-hybridized carbons (Fsp3) is 0.588. The molecule has 2 rings (SSSR count). The van der Waals surface area contributed by atoms with E-state index in [0.29, 0.717) is 18.7 Å². The van der Waals surface area contributed by atoms with Crippen LogP contribution in [0.1, 0.15) is 25.3 Å². The van der Waals surface area contributed by atoms with Gasteiger partial charge in [0.25, 0.3) is 0 Å². The molecule has 0 bridgehead atoms. The normalized spacial score (nSPS) is 21.3. The van der Waals surface area contributed by atoms with Crippen LogP contribution in [-0.4, -0.2) is 50.5 Å². The topological polar surface area (TPSA) is 75.1 Å². The van der Waals surface area contributed by atoms with E-state index in [0.717, 1.165) is 37.5 Å². The summed E-state index contributed by atoms with van der Waals surface area (Å²) in [4.78, 5) is 4.22. The van der Waals surface area contributed by atoms with Crippen LogP contribution >= 0.6 is 0 Å². The monoisotopic (exact) mass is 321 g/mol. The molecule has 128 valence electrons. The number of ether oxygens (including phenoxy) is 2. The summed E-state index contributed by atoms with van der Waals surface area (Å²) in [5.41, 5.74) is 0.770. The van der Waals surface area contributed by atoms with Gasteiger partial charge >= 0.3 is 0 Å². The molecule has 1 unspecified atom stereocenters. The second-order valence-corrected chi connectivity index (χ2v) is 6.00. The maximum atomic E-state index is 9.96. The fourth-order valence-electron chi connectivity index (χ4n) is 2.67. The van der Waals surface area contributed by atoms with E-state index in [9.17, 15) is 5.11 Å². The number of methoxy groups -OCH3 is 1. The molecule has 1 saturated heterocycles. The van der Waals surface area contributed by atoms with E-state index in [1.807, 2.05) is 12.1 Å². The van der Waals surface area contributed by atoms with E-state index in [-0.39, 0.29) is 11.4 Å². The smallest absolute Gasteiger partial charge is 0.191 e. The van der Waals surface area contributed by atoms with Crippen LogP contribution in [0.2, 0.25) is 0 Å². The SMILES string of the molecule is CN=C(NCCc1ccc(OC)cc1O)NCC1(C)CCCO1. The summed E-state index contributed by atoms with van der Waals surface area (Å²) in [5, 5.41) is 16.5. The molecule has 0 spiro atoms. The Balaban J connectivity index is 1.77. The molecule has 23 heavy (non-hydrogen) atoms. The van der Waals surface area contributed by atoms with Crippen LogP contribution in [0.4, 0.5) is 0 Å². The van der Waals surface area contributed by atoms with Gasteiger partial charge in [-0.2, -0.15) is 0 Å². The Bertz CT molecular complexity index is 540. The van der Waals surface area contributed by atoms with Crippen molar-refractivity contribution >= 4 is 5.96 Å². The molecule has 1 aromatic carbocycles. The minimum absolute atomic E-state index is 0.105. The van der Waals surface area contributed by atoms with Gasteiger partial charge in [0.2, 0.25) is 0 Å². The van der Waals surface area contributed by atoms with Gasteiger partial charge in [-0.15, -0.1) is 0 Å². The lowest BCUT2D eigenvalue weighted by Gasteiger charge is -2.24. The molecular weight excluding hydrogens is 294 g/mol. The minimum Gasteiger partial charge on any atom is -0.508 e. The first-order chi connectivity index (χ1) is 11.1. The van der Waals surface area contributed by atoms with Gasteiger partial charge in [-0.3, -0.25) is 4.99 Å². The zero-order chi connectivity index (χ0) is 16.7. The molecular formula is C17H27N3O3. The van der Waals surface area contributed by atoms with Crippen molar-refractivity contribution in [1.29, 1.82) is 0 Å². The standard InChI is InChI=1S/C17H27N3O3/c1-17(8-4-10-23-17)12-20-16(18-2)19-9-7-13-5-6-14(22-3)11-15(13)21/h5-6,11,21H,4,7-10,12H2,1-3H3,(H2,18,19,20). The van der Waals surface area contributed by atoms with Gasteiger partial charge in [0.1, 0.15) is 11.5 Å². The summed E-state index contributed by atoms with van der Waals surface area (Å²) < 4.78 is 10.8. The van der Waals surface area contributed by atoms with E-state index in [1.54, 1.807) is 20.2 Å². The summed E-state index contributed by atoms with van der Waals surface area (Å²) in [6, 6.07) is 5.35. The minimum atomic E-state index is -0.105. The first-order valence-electron chi connectivity index (χ1n) is 8.01. The molecule has 3 N–H and O–H groups in total. The van der Waals surface area contributed by atoms with Crippen LogP contribution in [0.3, 0.4) is 0 Å². The summed E-state index contributed by atoms with van der Waals surface area (Å²) in [6.45, 7) is 4.37. The summed E-state index contributed by atoms with van der Waals surface area (Å²) in [7, 11) is 3.33. The lowest BCUT2D eigenvalue weighted by molar-refractivity contribution is 0.0243. The molecule has 0 saturated carbocycles. The van der Waals surface area contributed by atoms with Crippen LogP contribution in [0.25, 0.3) is 0 Å². The molecule has 0 aromatic heterocycles. The second-order valence-electron chi connectivity index (χ2n) is 6.00. The number of nitrogens with one attached hydrogen (secondary N) is 2. The molecule has 0 aliphatic carbocycles. The van der Waals surface area contributed by atoms with Gasteiger partial charge in [0.15, 0.2) is 5.96 Å². The predicted octanol–water partition coefficient (Wildman–Crippen LogP) is 1.68. The predicted molar refractivity (Wildman–Crippen MR) is 91.3 cm³/mol. The Hall–Kier alpha value is -1.95. The van der Waals surface area contributed by atoms with E-state index in [1.165, 1.54) is 0 Å². The van der Waals surface area contributed by atoms with Crippen LogP contribution in [-0.2, 0) is 11.2 Å². The molecule has 1 aromatic rings. The van der Waals surface area contributed by atoms with E-state index in [2.05, 4.69) is 22.5 Å². The summed E-state index contributed by atoms with van der Waals surface area (Å²) >= 11 is 0. The number of phenols is 1. The van der Waals surface area contributed by atoms with Gasteiger partial charge in [-0.25, -0.2) is 0 Å². The van der Waals surface area contributed by atoms with Crippen LogP contribution in [0.5, 0.6) is 11.5 Å². The quantitative estimate of drug-likeness (QED) is 0.549. The fourth-order valence-corrected chi connectivity index (χ4v) is 2.67. The molecule has 0 radical (unpaired) electrons. The average Bonchev–Trinajstić information content (AvgIpc) is 2.99. The van der Waals surface area contributed by atoms with Crippen molar-refractivity contribution in [3.05, 3.63) is 23.8 Å². The third kappa shape index (κ3) is 5.03. The number of aromatic hydroxyl groups is 1. The molecule has 1 aliphatic rings. The molecule has 1 heterocycles. The average molecular weight is 321 g/mol. The lowest BCUT2D eigenvalue weighted by atomic mass is 10.0. The lowest BCUT2D eigenvalue weighted by Crippen LogP contribution is -2.45. The Labute approximate surface area is 137 Å². The molecule has 1 aliphatic heterocycles. The number of nitrogens with zero attached hydrogens (tertiary/aromatic N) is 1. The Morgan fingerprint density at radius 1 is 1.43 bits per heavy atom. The van der Waals surface area contributed by atoms with Crippen molar-refractivity contribution in [1.82, 2.24) is 10.6 Å². The molecule has 1 fully saturated rings. The van der Waals surface area contributed by atoms with Crippen molar-refractivity contribution in [2.24, 2.45) is 4.99 Å². The van der Waals surface area contributed by atoms with Gasteiger partial charge in [0.05, 0.1) is 12.7 Å². The first kappa shape index (κ1) is 17.4.